The van der Waals surface area contributed by atoms with Gasteiger partial charge in [0.25, 0.3) is 6.43 Å². The van der Waals surface area contributed by atoms with Crippen molar-refractivity contribution in [3.63, 3.8) is 0 Å². The zero-order valence-corrected chi connectivity index (χ0v) is 8.12. The minimum Gasteiger partial charge on any atom is -0.395 e. The SMILES string of the molecule is N#CCNC(=O)CN(CCO)CC(F)F. The van der Waals surface area contributed by atoms with Crippen LogP contribution in [-0.4, -0.2) is 55.1 Å². The average molecular weight is 221 g/mol. The van der Waals surface area contributed by atoms with Gasteiger partial charge in [0.1, 0.15) is 6.54 Å². The van der Waals surface area contributed by atoms with Crippen LogP contribution in [-0.2, 0) is 4.79 Å². The molecule has 0 heterocycles. The van der Waals surface area contributed by atoms with E-state index in [9.17, 15) is 13.6 Å². The minimum absolute atomic E-state index is 0.00428. The number of hydrogen-bond acceptors (Lipinski definition) is 4. The fraction of sp³-hybridized carbons (Fsp3) is 0.750. The molecule has 15 heavy (non-hydrogen) atoms. The van der Waals surface area contributed by atoms with Gasteiger partial charge in [-0.15, -0.1) is 0 Å². The summed E-state index contributed by atoms with van der Waals surface area (Å²) in [5.41, 5.74) is 0. The lowest BCUT2D eigenvalue weighted by molar-refractivity contribution is -0.122. The van der Waals surface area contributed by atoms with Gasteiger partial charge < -0.3 is 10.4 Å². The van der Waals surface area contributed by atoms with Gasteiger partial charge in [0, 0.05) is 6.54 Å². The molecular formula is C8H13F2N3O2. The molecule has 0 saturated heterocycles. The van der Waals surface area contributed by atoms with Gasteiger partial charge in [0.05, 0.1) is 25.8 Å². The summed E-state index contributed by atoms with van der Waals surface area (Å²) in [6.07, 6.45) is -2.56. The van der Waals surface area contributed by atoms with Gasteiger partial charge in [0.2, 0.25) is 5.91 Å². The predicted molar refractivity (Wildman–Crippen MR) is 48.2 cm³/mol. The fourth-order valence-electron chi connectivity index (χ4n) is 0.969. The predicted octanol–water partition coefficient (Wildman–Crippen LogP) is -0.814. The van der Waals surface area contributed by atoms with Crippen LogP contribution in [0.25, 0.3) is 0 Å². The Hall–Kier alpha value is -1.26. The Morgan fingerprint density at radius 2 is 2.27 bits per heavy atom. The second kappa shape index (κ2) is 8.08. The van der Waals surface area contributed by atoms with Crippen LogP contribution >= 0.6 is 0 Å². The average Bonchev–Trinajstić information content (AvgIpc) is 2.14. The van der Waals surface area contributed by atoms with Crippen LogP contribution in [0.1, 0.15) is 0 Å². The molecule has 0 aliphatic rings. The van der Waals surface area contributed by atoms with Crippen molar-refractivity contribution >= 4 is 5.91 Å². The quantitative estimate of drug-likeness (QED) is 0.551. The lowest BCUT2D eigenvalue weighted by Crippen LogP contribution is -2.40. The number of aliphatic hydroxyl groups excluding tert-OH is 1. The number of amides is 1. The Morgan fingerprint density at radius 3 is 2.73 bits per heavy atom. The zero-order valence-electron chi connectivity index (χ0n) is 8.12. The molecule has 0 bridgehead atoms. The van der Waals surface area contributed by atoms with Gasteiger partial charge in [-0.25, -0.2) is 8.78 Å². The van der Waals surface area contributed by atoms with Crippen LogP contribution in [0, 0.1) is 11.3 Å². The fourth-order valence-corrected chi connectivity index (χ4v) is 0.969. The maximum absolute atomic E-state index is 12.0. The third kappa shape index (κ3) is 7.78. The number of hydrogen-bond donors (Lipinski definition) is 2. The second-order valence-corrected chi connectivity index (χ2v) is 2.78. The van der Waals surface area contributed by atoms with Crippen LogP contribution in [0.4, 0.5) is 8.78 Å². The van der Waals surface area contributed by atoms with Crippen molar-refractivity contribution in [2.45, 2.75) is 6.43 Å². The first-order valence-corrected chi connectivity index (χ1v) is 4.35. The molecule has 0 unspecified atom stereocenters. The van der Waals surface area contributed by atoms with Crippen LogP contribution in [0.3, 0.4) is 0 Å². The first kappa shape index (κ1) is 13.7. The first-order valence-electron chi connectivity index (χ1n) is 4.35. The van der Waals surface area contributed by atoms with Gasteiger partial charge in [-0.3, -0.25) is 9.69 Å². The van der Waals surface area contributed by atoms with E-state index in [-0.39, 0.29) is 26.2 Å². The highest BCUT2D eigenvalue weighted by molar-refractivity contribution is 5.78. The van der Waals surface area contributed by atoms with Crippen molar-refractivity contribution in [1.82, 2.24) is 10.2 Å². The normalized spacial score (nSPS) is 10.4. The highest BCUT2D eigenvalue weighted by Gasteiger charge is 2.14. The number of aliphatic hydroxyl groups is 1. The smallest absolute Gasteiger partial charge is 0.251 e. The Balaban J connectivity index is 3.93. The summed E-state index contributed by atoms with van der Waals surface area (Å²) in [7, 11) is 0. The summed E-state index contributed by atoms with van der Waals surface area (Å²) in [6.45, 7) is -1.25. The number of nitriles is 1. The van der Waals surface area contributed by atoms with E-state index in [2.05, 4.69) is 5.32 Å². The first-order chi connectivity index (χ1) is 7.10. The zero-order chi connectivity index (χ0) is 11.7. The van der Waals surface area contributed by atoms with E-state index < -0.39 is 18.9 Å². The van der Waals surface area contributed by atoms with E-state index in [0.717, 1.165) is 4.90 Å². The van der Waals surface area contributed by atoms with E-state index >= 15 is 0 Å². The van der Waals surface area contributed by atoms with E-state index in [0.29, 0.717) is 0 Å². The summed E-state index contributed by atoms with van der Waals surface area (Å²) < 4.78 is 24.0. The molecule has 0 aliphatic heterocycles. The molecule has 0 atom stereocenters. The summed E-state index contributed by atoms with van der Waals surface area (Å²) >= 11 is 0. The van der Waals surface area contributed by atoms with Gasteiger partial charge >= 0.3 is 0 Å². The van der Waals surface area contributed by atoms with Crippen LogP contribution in [0.15, 0.2) is 0 Å². The number of halogens is 2. The number of alkyl halides is 2. The molecule has 0 radical (unpaired) electrons. The second-order valence-electron chi connectivity index (χ2n) is 2.78. The summed E-state index contributed by atoms with van der Waals surface area (Å²) in [6, 6.07) is 1.70. The molecule has 0 aliphatic carbocycles. The van der Waals surface area contributed by atoms with E-state index in [1.54, 1.807) is 6.07 Å². The maximum Gasteiger partial charge on any atom is 0.251 e. The third-order valence-corrected chi connectivity index (χ3v) is 1.54. The minimum atomic E-state index is -2.56. The van der Waals surface area contributed by atoms with Crippen molar-refractivity contribution in [2.24, 2.45) is 0 Å². The Morgan fingerprint density at radius 1 is 1.60 bits per heavy atom. The molecule has 1 amide bonds. The molecule has 0 aromatic rings. The molecule has 0 aromatic heterocycles. The molecule has 0 fully saturated rings. The monoisotopic (exact) mass is 221 g/mol. The number of carbonyl (C=O) groups excluding carboxylic acids is 1. The maximum atomic E-state index is 12.0. The number of rotatable bonds is 7. The van der Waals surface area contributed by atoms with Gasteiger partial charge in [-0.2, -0.15) is 5.26 Å². The standard InChI is InChI=1S/C8H13F2N3O2/c9-7(10)5-13(3-4-14)6-8(15)12-2-1-11/h7,14H,2-6H2,(H,12,15). The summed E-state index contributed by atoms with van der Waals surface area (Å²) in [5.74, 6) is -0.509. The third-order valence-electron chi connectivity index (χ3n) is 1.54. The van der Waals surface area contributed by atoms with Gasteiger partial charge in [-0.05, 0) is 0 Å². The number of carbonyl (C=O) groups is 1. The van der Waals surface area contributed by atoms with Crippen molar-refractivity contribution in [1.29, 1.82) is 5.26 Å². The Bertz CT molecular complexity index is 230. The van der Waals surface area contributed by atoms with Gasteiger partial charge in [0.15, 0.2) is 0 Å². The van der Waals surface area contributed by atoms with Gasteiger partial charge in [-0.1, -0.05) is 0 Å². The largest absolute Gasteiger partial charge is 0.395 e. The highest BCUT2D eigenvalue weighted by Crippen LogP contribution is 1.97. The molecular weight excluding hydrogens is 208 g/mol. The van der Waals surface area contributed by atoms with E-state index in [1.165, 1.54) is 0 Å². The Kier molecular flexibility index (Phi) is 7.40. The lowest BCUT2D eigenvalue weighted by atomic mass is 10.4. The molecule has 0 spiro atoms. The van der Waals surface area contributed by atoms with Crippen LogP contribution < -0.4 is 5.32 Å². The highest BCUT2D eigenvalue weighted by atomic mass is 19.3. The van der Waals surface area contributed by atoms with E-state index in [4.69, 9.17) is 10.4 Å². The lowest BCUT2D eigenvalue weighted by Gasteiger charge is -2.19. The van der Waals surface area contributed by atoms with E-state index in [1.807, 2.05) is 0 Å². The van der Waals surface area contributed by atoms with Crippen molar-refractivity contribution in [2.75, 3.05) is 32.8 Å². The molecule has 7 heteroatoms. The molecule has 86 valence electrons. The number of nitrogens with one attached hydrogen (secondary N) is 1. The topological polar surface area (TPSA) is 76.4 Å². The summed E-state index contributed by atoms with van der Waals surface area (Å²) in [4.78, 5) is 12.2. The molecule has 2 N–H and O–H groups in total. The molecule has 0 aromatic carbocycles. The molecule has 0 saturated carbocycles. The van der Waals surface area contributed by atoms with Crippen LogP contribution in [0.2, 0.25) is 0 Å². The van der Waals surface area contributed by atoms with Crippen molar-refractivity contribution in [3.05, 3.63) is 0 Å². The summed E-state index contributed by atoms with van der Waals surface area (Å²) in [5, 5.41) is 19.0. The van der Waals surface area contributed by atoms with Crippen molar-refractivity contribution < 1.29 is 18.7 Å². The number of nitrogens with zero attached hydrogens (tertiary/aromatic N) is 2. The van der Waals surface area contributed by atoms with Crippen LogP contribution in [0.5, 0.6) is 0 Å². The Labute approximate surface area is 86.3 Å². The molecule has 0 rings (SSSR count). The molecule has 5 nitrogen and oxygen atoms in total. The van der Waals surface area contributed by atoms with Crippen molar-refractivity contribution in [3.8, 4) is 6.07 Å².